The lowest BCUT2D eigenvalue weighted by molar-refractivity contribution is 0.379. The Labute approximate surface area is 176 Å². The molecule has 1 aromatic heterocycles. The van der Waals surface area contributed by atoms with Crippen LogP contribution in [0.3, 0.4) is 0 Å². The minimum absolute atomic E-state index is 0. The molecule has 2 aromatic rings. The second-order valence-electron chi connectivity index (χ2n) is 6.60. The van der Waals surface area contributed by atoms with Crippen LogP contribution >= 0.6 is 35.6 Å². The summed E-state index contributed by atoms with van der Waals surface area (Å²) in [5.74, 6) is 2.86. The van der Waals surface area contributed by atoms with Crippen molar-refractivity contribution in [2.24, 2.45) is 4.99 Å². The third kappa shape index (κ3) is 6.35. The van der Waals surface area contributed by atoms with Crippen molar-refractivity contribution in [3.05, 3.63) is 46.6 Å². The Balaban J connectivity index is 0.00000338. The second-order valence-corrected chi connectivity index (χ2v) is 7.04. The fraction of sp³-hybridized carbons (Fsp3) is 0.444. The van der Waals surface area contributed by atoms with E-state index in [-0.39, 0.29) is 29.4 Å². The van der Waals surface area contributed by atoms with E-state index in [1.165, 1.54) is 0 Å². The van der Waals surface area contributed by atoms with E-state index in [1.54, 1.807) is 26.4 Å². The Bertz CT molecular complexity index is 741. The van der Waals surface area contributed by atoms with Crippen LogP contribution in [-0.2, 0) is 18.5 Å². The van der Waals surface area contributed by atoms with Crippen molar-refractivity contribution >= 4 is 41.5 Å². The normalized spacial score (nSPS) is 11.7. The highest BCUT2D eigenvalue weighted by atomic mass is 127. The van der Waals surface area contributed by atoms with E-state index in [1.807, 2.05) is 12.1 Å². The van der Waals surface area contributed by atoms with Crippen molar-refractivity contribution in [1.29, 1.82) is 0 Å². The van der Waals surface area contributed by atoms with Gasteiger partial charge < -0.3 is 19.8 Å². The van der Waals surface area contributed by atoms with Crippen molar-refractivity contribution < 1.29 is 9.15 Å². The van der Waals surface area contributed by atoms with E-state index in [0.717, 1.165) is 17.1 Å². The molecule has 0 bridgehead atoms. The molecule has 0 saturated heterocycles. The van der Waals surface area contributed by atoms with Gasteiger partial charge in [0.25, 0.3) is 0 Å². The number of halogens is 2. The van der Waals surface area contributed by atoms with Crippen LogP contribution in [0.2, 0.25) is 5.02 Å². The molecule has 6 nitrogen and oxygen atoms in total. The van der Waals surface area contributed by atoms with Crippen LogP contribution in [0.25, 0.3) is 0 Å². The van der Waals surface area contributed by atoms with Gasteiger partial charge in [0, 0.05) is 29.6 Å². The standard InChI is InChI=1S/C18H25ClN4O2.HI/c1-18(2,3)15-10-21-16(25-15)11-23-17(20-4)22-9-12-6-7-13(19)8-14(12)24-5;/h6-8,10H,9,11H2,1-5H3,(H2,20,22,23);1H. The van der Waals surface area contributed by atoms with Crippen molar-refractivity contribution in [3.8, 4) is 5.75 Å². The predicted octanol–water partition coefficient (Wildman–Crippen LogP) is 4.12. The van der Waals surface area contributed by atoms with E-state index in [9.17, 15) is 0 Å². The van der Waals surface area contributed by atoms with Gasteiger partial charge in [-0.1, -0.05) is 38.4 Å². The number of hydrogen-bond acceptors (Lipinski definition) is 4. The Kier molecular flexibility index (Phi) is 8.69. The number of guanidine groups is 1. The van der Waals surface area contributed by atoms with Gasteiger partial charge in [0.1, 0.15) is 11.5 Å². The average Bonchev–Trinajstić information content (AvgIpc) is 3.05. The number of rotatable bonds is 5. The zero-order valence-electron chi connectivity index (χ0n) is 15.7. The first-order valence-electron chi connectivity index (χ1n) is 8.05. The number of aromatic nitrogens is 1. The fourth-order valence-corrected chi connectivity index (χ4v) is 2.32. The molecule has 0 atom stereocenters. The minimum Gasteiger partial charge on any atom is -0.496 e. The molecule has 2 N–H and O–H groups in total. The summed E-state index contributed by atoms with van der Waals surface area (Å²) < 4.78 is 11.1. The van der Waals surface area contributed by atoms with E-state index in [4.69, 9.17) is 20.8 Å². The summed E-state index contributed by atoms with van der Waals surface area (Å²) in [6, 6.07) is 5.54. The first-order valence-corrected chi connectivity index (χ1v) is 8.43. The Morgan fingerprint density at radius 2 is 1.96 bits per heavy atom. The van der Waals surface area contributed by atoms with Gasteiger partial charge in [-0.15, -0.1) is 24.0 Å². The highest BCUT2D eigenvalue weighted by Gasteiger charge is 2.19. The largest absolute Gasteiger partial charge is 0.496 e. The number of methoxy groups -OCH3 is 1. The van der Waals surface area contributed by atoms with Crippen LogP contribution in [0.4, 0.5) is 0 Å². The molecule has 1 aromatic carbocycles. The first kappa shape index (κ1) is 22.6. The molecular formula is C18H26ClIN4O2. The molecule has 0 amide bonds. The lowest BCUT2D eigenvalue weighted by Crippen LogP contribution is -2.36. The van der Waals surface area contributed by atoms with Crippen LogP contribution in [0, 0.1) is 0 Å². The number of hydrogen-bond donors (Lipinski definition) is 2. The number of benzene rings is 1. The van der Waals surface area contributed by atoms with Crippen molar-refractivity contribution in [2.75, 3.05) is 14.2 Å². The maximum atomic E-state index is 5.98. The highest BCUT2D eigenvalue weighted by molar-refractivity contribution is 14.0. The van der Waals surface area contributed by atoms with E-state index >= 15 is 0 Å². The molecular weight excluding hydrogens is 467 g/mol. The molecule has 0 fully saturated rings. The summed E-state index contributed by atoms with van der Waals surface area (Å²) in [4.78, 5) is 8.50. The predicted molar refractivity (Wildman–Crippen MR) is 116 cm³/mol. The van der Waals surface area contributed by atoms with Crippen LogP contribution in [0.1, 0.15) is 38.0 Å². The zero-order valence-corrected chi connectivity index (χ0v) is 18.8. The van der Waals surface area contributed by atoms with Gasteiger partial charge in [-0.25, -0.2) is 4.98 Å². The maximum absolute atomic E-state index is 5.98. The Morgan fingerprint density at radius 1 is 1.27 bits per heavy atom. The molecule has 0 radical (unpaired) electrons. The molecule has 2 rings (SSSR count). The number of nitrogens with zero attached hydrogens (tertiary/aromatic N) is 2. The third-order valence-electron chi connectivity index (χ3n) is 3.62. The maximum Gasteiger partial charge on any atom is 0.213 e. The second kappa shape index (κ2) is 10.0. The molecule has 0 aliphatic rings. The lowest BCUT2D eigenvalue weighted by atomic mass is 9.94. The Hall–Kier alpha value is -1.48. The molecule has 0 saturated carbocycles. The van der Waals surface area contributed by atoms with Crippen LogP contribution < -0.4 is 15.4 Å². The number of aliphatic imine (C=N–C) groups is 1. The molecule has 1 heterocycles. The average molecular weight is 493 g/mol. The SMILES string of the molecule is CN=C(NCc1ncc(C(C)(C)C)o1)NCc1ccc(Cl)cc1OC.I. The van der Waals surface area contributed by atoms with Crippen molar-refractivity contribution in [3.63, 3.8) is 0 Å². The van der Waals surface area contributed by atoms with E-state index < -0.39 is 0 Å². The molecule has 8 heteroatoms. The van der Waals surface area contributed by atoms with Gasteiger partial charge >= 0.3 is 0 Å². The summed E-state index contributed by atoms with van der Waals surface area (Å²) in [5, 5.41) is 7.06. The summed E-state index contributed by atoms with van der Waals surface area (Å²) in [7, 11) is 3.34. The fourth-order valence-electron chi connectivity index (χ4n) is 2.16. The van der Waals surface area contributed by atoms with Gasteiger partial charge in [0.05, 0.1) is 19.9 Å². The summed E-state index contributed by atoms with van der Waals surface area (Å²) in [5.41, 5.74) is 0.928. The smallest absolute Gasteiger partial charge is 0.213 e. The molecule has 0 spiro atoms. The van der Waals surface area contributed by atoms with Gasteiger partial charge in [-0.3, -0.25) is 4.99 Å². The van der Waals surface area contributed by atoms with Crippen LogP contribution in [-0.4, -0.2) is 25.1 Å². The topological polar surface area (TPSA) is 71.7 Å². The summed E-state index contributed by atoms with van der Waals surface area (Å²) in [6.45, 7) is 7.27. The monoisotopic (exact) mass is 492 g/mol. The minimum atomic E-state index is -0.0592. The van der Waals surface area contributed by atoms with Gasteiger partial charge in [0.15, 0.2) is 5.96 Å². The quantitative estimate of drug-likeness (QED) is 0.373. The lowest BCUT2D eigenvalue weighted by Gasteiger charge is -2.14. The molecule has 0 aliphatic heterocycles. The van der Waals surface area contributed by atoms with Gasteiger partial charge in [0.2, 0.25) is 5.89 Å². The third-order valence-corrected chi connectivity index (χ3v) is 3.85. The summed E-state index contributed by atoms with van der Waals surface area (Å²) >= 11 is 5.98. The van der Waals surface area contributed by atoms with E-state index in [0.29, 0.717) is 30.0 Å². The van der Waals surface area contributed by atoms with Gasteiger partial charge in [-0.05, 0) is 12.1 Å². The molecule has 26 heavy (non-hydrogen) atoms. The Morgan fingerprint density at radius 3 is 2.54 bits per heavy atom. The first-order chi connectivity index (χ1) is 11.8. The van der Waals surface area contributed by atoms with Crippen LogP contribution in [0.5, 0.6) is 5.75 Å². The summed E-state index contributed by atoms with van der Waals surface area (Å²) in [6.07, 6.45) is 1.77. The highest BCUT2D eigenvalue weighted by Crippen LogP contribution is 2.23. The number of oxazole rings is 1. The number of ether oxygens (including phenoxy) is 1. The number of nitrogens with one attached hydrogen (secondary N) is 2. The zero-order chi connectivity index (χ0) is 18.4. The molecule has 0 aliphatic carbocycles. The van der Waals surface area contributed by atoms with Crippen LogP contribution in [0.15, 0.2) is 33.8 Å². The van der Waals surface area contributed by atoms with E-state index in [2.05, 4.69) is 41.4 Å². The van der Waals surface area contributed by atoms with Crippen molar-refractivity contribution in [1.82, 2.24) is 15.6 Å². The molecule has 144 valence electrons. The van der Waals surface area contributed by atoms with Gasteiger partial charge in [-0.2, -0.15) is 0 Å². The van der Waals surface area contributed by atoms with Crippen molar-refractivity contribution in [2.45, 2.75) is 39.3 Å². The molecule has 0 unspecified atom stereocenters.